The molecule has 0 saturated carbocycles. The molecule has 0 fully saturated rings. The molecule has 0 atom stereocenters. The van der Waals surface area contributed by atoms with Crippen LogP contribution in [-0.4, -0.2) is 22.4 Å². The Kier molecular flexibility index (Phi) is 6.57. The summed E-state index contributed by atoms with van der Waals surface area (Å²) < 4.78 is 12.3. The Morgan fingerprint density at radius 2 is 1.79 bits per heavy atom. The number of benzene rings is 2. The van der Waals surface area contributed by atoms with E-state index in [1.54, 1.807) is 73.8 Å². The number of rotatable bonds is 6. The van der Waals surface area contributed by atoms with Crippen LogP contribution in [0.4, 0.5) is 5.69 Å². The first kappa shape index (κ1) is 22.6. The van der Waals surface area contributed by atoms with Gasteiger partial charge in [0.15, 0.2) is 0 Å². The summed E-state index contributed by atoms with van der Waals surface area (Å²) in [7, 11) is 1.54. The highest BCUT2D eigenvalue weighted by atomic mass is 35.5. The first-order valence-electron chi connectivity index (χ1n) is 10.0. The van der Waals surface area contributed by atoms with Crippen molar-refractivity contribution in [3.63, 3.8) is 0 Å². The predicted octanol–water partition coefficient (Wildman–Crippen LogP) is 4.69. The smallest absolute Gasteiger partial charge is 0.269 e. The lowest BCUT2D eigenvalue weighted by Crippen LogP contribution is -2.20. The second kappa shape index (κ2) is 9.90. The lowest BCUT2D eigenvalue weighted by Gasteiger charge is -2.11. The highest BCUT2D eigenvalue weighted by Crippen LogP contribution is 2.26. The number of ether oxygens (including phenoxy) is 2. The van der Waals surface area contributed by atoms with E-state index in [9.17, 15) is 14.9 Å². The number of aromatic nitrogens is 2. The van der Waals surface area contributed by atoms with E-state index in [1.807, 2.05) is 6.07 Å². The van der Waals surface area contributed by atoms with Gasteiger partial charge < -0.3 is 14.8 Å². The lowest BCUT2D eigenvalue weighted by atomic mass is 10.1. The Morgan fingerprint density at radius 3 is 2.50 bits per heavy atom. The summed E-state index contributed by atoms with van der Waals surface area (Å²) in [6, 6.07) is 20.2. The number of anilines is 1. The van der Waals surface area contributed by atoms with E-state index < -0.39 is 11.5 Å². The van der Waals surface area contributed by atoms with Gasteiger partial charge in [-0.3, -0.25) is 14.0 Å². The predicted molar refractivity (Wildman–Crippen MR) is 128 cm³/mol. The Balaban J connectivity index is 1.79. The number of nitriles is 1. The number of halogens is 1. The van der Waals surface area contributed by atoms with Crippen LogP contribution < -0.4 is 20.3 Å². The molecule has 2 aromatic carbocycles. The second-order valence-electron chi connectivity index (χ2n) is 6.95. The fourth-order valence-electron chi connectivity index (χ4n) is 3.08. The summed E-state index contributed by atoms with van der Waals surface area (Å²) in [6.45, 7) is 0. The number of nitrogens with zero attached hydrogens (tertiary/aromatic N) is 3. The molecule has 2 heterocycles. The van der Waals surface area contributed by atoms with E-state index in [1.165, 1.54) is 10.6 Å². The monoisotopic (exact) mass is 472 g/mol. The van der Waals surface area contributed by atoms with Crippen molar-refractivity contribution in [3.05, 3.63) is 99.4 Å². The number of carbonyl (C=O) groups excluding carboxylic acids is 1. The van der Waals surface area contributed by atoms with Crippen LogP contribution >= 0.6 is 11.6 Å². The summed E-state index contributed by atoms with van der Waals surface area (Å²) in [5.41, 5.74) is -0.224. The molecule has 0 aliphatic heterocycles. The first-order valence-corrected chi connectivity index (χ1v) is 10.4. The molecule has 8 nitrogen and oxygen atoms in total. The highest BCUT2D eigenvalue weighted by Gasteiger charge is 2.18. The summed E-state index contributed by atoms with van der Waals surface area (Å²) in [6.07, 6.45) is 2.69. The molecule has 0 aliphatic rings. The van der Waals surface area contributed by atoms with Gasteiger partial charge >= 0.3 is 0 Å². The van der Waals surface area contributed by atoms with Crippen molar-refractivity contribution >= 4 is 34.9 Å². The molecule has 2 aromatic heterocycles. The Bertz CT molecular complexity index is 1500. The number of methoxy groups -OCH3 is 1. The van der Waals surface area contributed by atoms with Gasteiger partial charge in [-0.15, -0.1) is 0 Å². The summed E-state index contributed by atoms with van der Waals surface area (Å²) in [5, 5.41) is 12.5. The van der Waals surface area contributed by atoms with Crippen LogP contribution in [0, 0.1) is 11.3 Å². The Labute approximate surface area is 199 Å². The molecule has 4 aromatic rings. The van der Waals surface area contributed by atoms with Crippen molar-refractivity contribution in [2.75, 3.05) is 12.4 Å². The minimum absolute atomic E-state index is 0.0559. The van der Waals surface area contributed by atoms with Gasteiger partial charge in [-0.2, -0.15) is 10.2 Å². The van der Waals surface area contributed by atoms with Gasteiger partial charge in [-0.1, -0.05) is 29.8 Å². The van der Waals surface area contributed by atoms with Gasteiger partial charge in [0.1, 0.15) is 34.4 Å². The average molecular weight is 473 g/mol. The maximum absolute atomic E-state index is 13.2. The third-order valence-corrected chi connectivity index (χ3v) is 5.11. The molecular weight excluding hydrogens is 456 g/mol. The largest absolute Gasteiger partial charge is 0.497 e. The molecular formula is C25H17ClN4O4. The molecule has 4 rings (SSSR count). The second-order valence-corrected chi connectivity index (χ2v) is 7.35. The lowest BCUT2D eigenvalue weighted by molar-refractivity contribution is -0.112. The summed E-state index contributed by atoms with van der Waals surface area (Å²) >= 11 is 6.09. The van der Waals surface area contributed by atoms with Crippen LogP contribution in [0.5, 0.6) is 17.4 Å². The standard InChI is InChI=1S/C25H17ClN4O4/c1-33-17-9-11-18(12-10-17)34-24-19(25(32)30-13-5-4-8-22(30)29-24)14-16(15-27)23(31)28-21-7-3-2-6-20(21)26/h2-14H,1H3,(H,28,31)/b16-14+. The molecule has 0 aliphatic carbocycles. The number of nitrogens with one attached hydrogen (secondary N) is 1. The zero-order chi connectivity index (χ0) is 24.1. The molecule has 168 valence electrons. The number of hydrogen-bond donors (Lipinski definition) is 1. The molecule has 0 radical (unpaired) electrons. The molecule has 0 bridgehead atoms. The fraction of sp³-hybridized carbons (Fsp3) is 0.0400. The van der Waals surface area contributed by atoms with E-state index in [0.29, 0.717) is 27.9 Å². The Morgan fingerprint density at radius 1 is 1.09 bits per heavy atom. The topological polar surface area (TPSA) is 106 Å². The zero-order valence-corrected chi connectivity index (χ0v) is 18.6. The molecule has 9 heteroatoms. The SMILES string of the molecule is COc1ccc(Oc2nc3ccccn3c(=O)c2/C=C(\C#N)C(=O)Nc2ccccc2Cl)cc1. The van der Waals surface area contributed by atoms with E-state index in [2.05, 4.69) is 10.3 Å². The Hall–Kier alpha value is -4.61. The molecule has 0 spiro atoms. The van der Waals surface area contributed by atoms with Crippen LogP contribution in [0.15, 0.2) is 83.3 Å². The van der Waals surface area contributed by atoms with Crippen LogP contribution in [0.1, 0.15) is 5.56 Å². The van der Waals surface area contributed by atoms with Crippen molar-refractivity contribution in [2.45, 2.75) is 0 Å². The number of carbonyl (C=O) groups is 1. The van der Waals surface area contributed by atoms with Crippen molar-refractivity contribution in [1.82, 2.24) is 9.38 Å². The third-order valence-electron chi connectivity index (χ3n) is 4.78. The summed E-state index contributed by atoms with van der Waals surface area (Å²) in [5.74, 6) is 0.229. The maximum atomic E-state index is 13.2. The number of para-hydroxylation sites is 1. The molecule has 1 N–H and O–H groups in total. The van der Waals surface area contributed by atoms with E-state index >= 15 is 0 Å². The number of amides is 1. The van der Waals surface area contributed by atoms with Gasteiger partial charge in [-0.05, 0) is 54.6 Å². The minimum Gasteiger partial charge on any atom is -0.497 e. The van der Waals surface area contributed by atoms with Crippen LogP contribution in [0.25, 0.3) is 11.7 Å². The average Bonchev–Trinajstić information content (AvgIpc) is 2.86. The van der Waals surface area contributed by atoms with Crippen LogP contribution in [0.3, 0.4) is 0 Å². The molecule has 1 amide bonds. The molecule has 0 unspecified atom stereocenters. The van der Waals surface area contributed by atoms with Gasteiger partial charge in [0.25, 0.3) is 11.5 Å². The number of hydrogen-bond acceptors (Lipinski definition) is 6. The number of fused-ring (bicyclic) bond motifs is 1. The van der Waals surface area contributed by atoms with Gasteiger partial charge in [0.05, 0.1) is 17.8 Å². The van der Waals surface area contributed by atoms with Gasteiger partial charge in [-0.25, -0.2) is 0 Å². The van der Waals surface area contributed by atoms with Crippen molar-refractivity contribution in [1.29, 1.82) is 5.26 Å². The normalized spacial score (nSPS) is 11.0. The first-order chi connectivity index (χ1) is 16.5. The van der Waals surface area contributed by atoms with Crippen molar-refractivity contribution < 1.29 is 14.3 Å². The van der Waals surface area contributed by atoms with Crippen LogP contribution in [0.2, 0.25) is 5.02 Å². The van der Waals surface area contributed by atoms with E-state index in [0.717, 1.165) is 6.08 Å². The van der Waals surface area contributed by atoms with Gasteiger partial charge in [0, 0.05) is 6.20 Å². The zero-order valence-electron chi connectivity index (χ0n) is 17.9. The van der Waals surface area contributed by atoms with Crippen molar-refractivity contribution in [2.24, 2.45) is 0 Å². The molecule has 0 saturated heterocycles. The number of pyridine rings is 1. The third kappa shape index (κ3) is 4.75. The van der Waals surface area contributed by atoms with E-state index in [-0.39, 0.29) is 17.0 Å². The van der Waals surface area contributed by atoms with Crippen molar-refractivity contribution in [3.8, 4) is 23.4 Å². The quantitative estimate of drug-likeness (QED) is 0.322. The highest BCUT2D eigenvalue weighted by molar-refractivity contribution is 6.34. The summed E-state index contributed by atoms with van der Waals surface area (Å²) in [4.78, 5) is 30.4. The minimum atomic E-state index is -0.733. The maximum Gasteiger partial charge on any atom is 0.269 e. The van der Waals surface area contributed by atoms with Gasteiger partial charge in [0.2, 0.25) is 5.88 Å². The van der Waals surface area contributed by atoms with E-state index in [4.69, 9.17) is 21.1 Å². The molecule has 34 heavy (non-hydrogen) atoms. The van der Waals surface area contributed by atoms with Crippen LogP contribution in [-0.2, 0) is 4.79 Å². The fourth-order valence-corrected chi connectivity index (χ4v) is 3.27.